The van der Waals surface area contributed by atoms with Gasteiger partial charge in [-0.3, -0.25) is 14.5 Å². The highest BCUT2D eigenvalue weighted by Gasteiger charge is 2.25. The van der Waals surface area contributed by atoms with E-state index in [-0.39, 0.29) is 6.04 Å². The van der Waals surface area contributed by atoms with Gasteiger partial charge in [0, 0.05) is 18.6 Å². The smallest absolute Gasteiger partial charge is 0.309 e. The molecule has 1 saturated heterocycles. The maximum absolute atomic E-state index is 11.8. The van der Waals surface area contributed by atoms with Crippen LogP contribution < -0.4 is 10.6 Å². The molecule has 1 aliphatic carbocycles. The lowest BCUT2D eigenvalue weighted by molar-refractivity contribution is -0.139. The van der Waals surface area contributed by atoms with Crippen LogP contribution in [0, 0.1) is 0 Å². The average molecular weight is 281 g/mol. The molecule has 20 heavy (non-hydrogen) atoms. The summed E-state index contributed by atoms with van der Waals surface area (Å²) in [4.78, 5) is 26.0. The Kier molecular flexibility index (Phi) is 5.83. The van der Waals surface area contributed by atoms with E-state index in [1.54, 1.807) is 0 Å². The van der Waals surface area contributed by atoms with Gasteiger partial charge < -0.3 is 10.6 Å². The third-order valence-corrected chi connectivity index (χ3v) is 4.55. The maximum Gasteiger partial charge on any atom is 0.309 e. The van der Waals surface area contributed by atoms with Crippen molar-refractivity contribution in [2.45, 2.75) is 64.0 Å². The number of likely N-dealkylation sites (tertiary alicyclic amines) is 1. The maximum atomic E-state index is 11.8. The Labute approximate surface area is 121 Å². The lowest BCUT2D eigenvalue weighted by atomic mass is 9.95. The molecule has 2 N–H and O–H groups in total. The molecule has 0 aromatic heterocycles. The average Bonchev–Trinajstić information content (AvgIpc) is 2.93. The number of rotatable bonds is 4. The summed E-state index contributed by atoms with van der Waals surface area (Å²) >= 11 is 0. The fraction of sp³-hybridized carbons (Fsp3) is 0.867. The first kappa shape index (κ1) is 15.3. The largest absolute Gasteiger partial charge is 0.346 e. The molecule has 0 aromatic carbocycles. The molecule has 2 aliphatic rings. The van der Waals surface area contributed by atoms with Gasteiger partial charge in [0.1, 0.15) is 0 Å². The first-order chi connectivity index (χ1) is 9.70. The fourth-order valence-electron chi connectivity index (χ4n) is 3.33. The standard InChI is InChI=1S/C15H27N3O2/c1-2-18-10-6-9-13(18)11-16-14(19)15(20)17-12-7-4-3-5-8-12/h12-13H,2-11H2,1H3,(H,16,19)(H,17,20)/t13-/m0/s1. The van der Waals surface area contributed by atoms with Crippen LogP contribution in [0.2, 0.25) is 0 Å². The van der Waals surface area contributed by atoms with Gasteiger partial charge in [-0.2, -0.15) is 0 Å². The second-order valence-electron chi connectivity index (χ2n) is 5.94. The van der Waals surface area contributed by atoms with Crippen molar-refractivity contribution in [2.24, 2.45) is 0 Å². The van der Waals surface area contributed by atoms with E-state index in [9.17, 15) is 9.59 Å². The van der Waals surface area contributed by atoms with Crippen molar-refractivity contribution in [3.63, 3.8) is 0 Å². The molecule has 0 aromatic rings. The van der Waals surface area contributed by atoms with E-state index in [0.717, 1.165) is 45.2 Å². The van der Waals surface area contributed by atoms with Gasteiger partial charge in [0.25, 0.3) is 0 Å². The molecule has 1 aliphatic heterocycles. The molecule has 2 fully saturated rings. The molecule has 1 atom stereocenters. The fourth-order valence-corrected chi connectivity index (χ4v) is 3.33. The lowest BCUT2D eigenvalue weighted by Crippen LogP contribution is -2.48. The van der Waals surface area contributed by atoms with Crippen molar-refractivity contribution < 1.29 is 9.59 Å². The van der Waals surface area contributed by atoms with Crippen molar-refractivity contribution in [3.8, 4) is 0 Å². The summed E-state index contributed by atoms with van der Waals surface area (Å²) in [5.74, 6) is -0.934. The van der Waals surface area contributed by atoms with Crippen LogP contribution in [0.4, 0.5) is 0 Å². The lowest BCUT2D eigenvalue weighted by Gasteiger charge is -2.24. The minimum atomic E-state index is -0.474. The van der Waals surface area contributed by atoms with Crippen molar-refractivity contribution >= 4 is 11.8 Å². The zero-order chi connectivity index (χ0) is 14.4. The molecule has 0 radical (unpaired) electrons. The van der Waals surface area contributed by atoms with Crippen LogP contribution in [0.1, 0.15) is 51.9 Å². The summed E-state index contributed by atoms with van der Waals surface area (Å²) in [6.07, 6.45) is 7.85. The Bertz CT molecular complexity index is 340. The zero-order valence-corrected chi connectivity index (χ0v) is 12.5. The third-order valence-electron chi connectivity index (χ3n) is 4.55. The molecule has 1 saturated carbocycles. The molecule has 114 valence electrons. The molecule has 2 rings (SSSR count). The Morgan fingerprint density at radius 3 is 2.50 bits per heavy atom. The van der Waals surface area contributed by atoms with Gasteiger partial charge in [-0.05, 0) is 38.8 Å². The van der Waals surface area contributed by atoms with Gasteiger partial charge in [0.2, 0.25) is 0 Å². The summed E-state index contributed by atoms with van der Waals surface area (Å²) < 4.78 is 0. The van der Waals surface area contributed by atoms with E-state index in [2.05, 4.69) is 22.5 Å². The van der Waals surface area contributed by atoms with Crippen LogP contribution >= 0.6 is 0 Å². The minimum Gasteiger partial charge on any atom is -0.346 e. The second-order valence-corrected chi connectivity index (χ2v) is 5.94. The Morgan fingerprint density at radius 2 is 1.80 bits per heavy atom. The summed E-state index contributed by atoms with van der Waals surface area (Å²) in [7, 11) is 0. The Balaban J connectivity index is 1.69. The van der Waals surface area contributed by atoms with Gasteiger partial charge in [0.15, 0.2) is 0 Å². The molecule has 0 bridgehead atoms. The van der Waals surface area contributed by atoms with Gasteiger partial charge in [0.05, 0.1) is 0 Å². The van der Waals surface area contributed by atoms with Crippen LogP contribution in [0.3, 0.4) is 0 Å². The predicted octanol–water partition coefficient (Wildman–Crippen LogP) is 1.04. The molecular weight excluding hydrogens is 254 g/mol. The van der Waals surface area contributed by atoms with E-state index >= 15 is 0 Å². The Hall–Kier alpha value is -1.10. The van der Waals surface area contributed by atoms with Gasteiger partial charge in [-0.25, -0.2) is 0 Å². The predicted molar refractivity (Wildman–Crippen MR) is 78.3 cm³/mol. The highest BCUT2D eigenvalue weighted by Crippen LogP contribution is 2.17. The van der Waals surface area contributed by atoms with Crippen molar-refractivity contribution in [3.05, 3.63) is 0 Å². The van der Waals surface area contributed by atoms with Gasteiger partial charge in [-0.15, -0.1) is 0 Å². The quantitative estimate of drug-likeness (QED) is 0.757. The number of hydrogen-bond acceptors (Lipinski definition) is 3. The normalized spacial score (nSPS) is 24.6. The summed E-state index contributed by atoms with van der Waals surface area (Å²) in [6, 6.07) is 0.590. The Morgan fingerprint density at radius 1 is 1.05 bits per heavy atom. The van der Waals surface area contributed by atoms with E-state index in [0.29, 0.717) is 12.6 Å². The SMILES string of the molecule is CCN1CCC[C@H]1CNC(=O)C(=O)NC1CCCCC1. The molecule has 5 nitrogen and oxygen atoms in total. The number of nitrogens with zero attached hydrogens (tertiary/aromatic N) is 1. The van der Waals surface area contributed by atoms with Crippen LogP contribution in [0.25, 0.3) is 0 Å². The number of carbonyl (C=O) groups is 2. The molecule has 0 spiro atoms. The van der Waals surface area contributed by atoms with Crippen molar-refractivity contribution in [1.82, 2.24) is 15.5 Å². The molecule has 5 heteroatoms. The van der Waals surface area contributed by atoms with Crippen LogP contribution in [-0.2, 0) is 9.59 Å². The topological polar surface area (TPSA) is 61.4 Å². The second kappa shape index (κ2) is 7.62. The molecule has 2 amide bonds. The summed E-state index contributed by atoms with van der Waals surface area (Å²) in [6.45, 7) is 4.83. The first-order valence-electron chi connectivity index (χ1n) is 8.03. The number of carbonyl (C=O) groups excluding carboxylic acids is 2. The van der Waals surface area contributed by atoms with Gasteiger partial charge in [-0.1, -0.05) is 26.2 Å². The molecule has 1 heterocycles. The first-order valence-corrected chi connectivity index (χ1v) is 8.03. The van der Waals surface area contributed by atoms with Crippen molar-refractivity contribution in [2.75, 3.05) is 19.6 Å². The van der Waals surface area contributed by atoms with E-state index < -0.39 is 11.8 Å². The number of amides is 2. The number of likely N-dealkylation sites (N-methyl/N-ethyl adjacent to an activating group) is 1. The number of nitrogens with one attached hydrogen (secondary N) is 2. The zero-order valence-electron chi connectivity index (χ0n) is 12.5. The monoisotopic (exact) mass is 281 g/mol. The highest BCUT2D eigenvalue weighted by atomic mass is 16.2. The van der Waals surface area contributed by atoms with Gasteiger partial charge >= 0.3 is 11.8 Å². The van der Waals surface area contributed by atoms with E-state index in [1.807, 2.05) is 0 Å². The molecule has 0 unspecified atom stereocenters. The third kappa shape index (κ3) is 4.20. The van der Waals surface area contributed by atoms with E-state index in [4.69, 9.17) is 0 Å². The minimum absolute atomic E-state index is 0.195. The van der Waals surface area contributed by atoms with Crippen LogP contribution in [0.15, 0.2) is 0 Å². The highest BCUT2D eigenvalue weighted by molar-refractivity contribution is 6.35. The molecular formula is C15H27N3O2. The summed E-state index contributed by atoms with van der Waals surface area (Å²) in [5.41, 5.74) is 0. The van der Waals surface area contributed by atoms with Crippen LogP contribution in [0.5, 0.6) is 0 Å². The van der Waals surface area contributed by atoms with Crippen molar-refractivity contribution in [1.29, 1.82) is 0 Å². The number of hydrogen-bond donors (Lipinski definition) is 2. The van der Waals surface area contributed by atoms with Crippen LogP contribution in [-0.4, -0.2) is 48.4 Å². The summed E-state index contributed by atoms with van der Waals surface area (Å²) in [5, 5.41) is 5.64. The van der Waals surface area contributed by atoms with E-state index in [1.165, 1.54) is 12.8 Å².